The minimum absolute atomic E-state index is 0.277. The van der Waals surface area contributed by atoms with E-state index >= 15 is 0 Å². The Kier molecular flexibility index (Phi) is 2.38. The Balaban J connectivity index is 2.49. The van der Waals surface area contributed by atoms with Crippen LogP contribution in [0.15, 0.2) is 10.9 Å². The van der Waals surface area contributed by atoms with Crippen LogP contribution in [0.3, 0.4) is 0 Å². The van der Waals surface area contributed by atoms with Crippen LogP contribution in [0.4, 0.5) is 5.82 Å². The number of nitrogens with one attached hydrogen (secondary N) is 2. The molecule has 0 radical (unpaired) electrons. The molecule has 7 nitrogen and oxygen atoms in total. The van der Waals surface area contributed by atoms with Crippen molar-refractivity contribution in [3.8, 4) is 0 Å². The molecule has 0 aliphatic carbocycles. The molecule has 0 spiro atoms. The number of aromatic nitrogens is 4. The van der Waals surface area contributed by atoms with Crippen LogP contribution >= 0.6 is 0 Å². The van der Waals surface area contributed by atoms with Crippen LogP contribution in [-0.2, 0) is 0 Å². The summed E-state index contributed by atoms with van der Waals surface area (Å²) in [6.07, 6.45) is 0. The van der Waals surface area contributed by atoms with Gasteiger partial charge in [-0.15, -0.1) is 0 Å². The molecule has 0 aliphatic heterocycles. The van der Waals surface area contributed by atoms with Crippen molar-refractivity contribution in [2.45, 2.75) is 6.92 Å². The second-order valence-corrected chi connectivity index (χ2v) is 3.13. The Hall–Kier alpha value is -1.89. The maximum absolute atomic E-state index is 11.3. The molecule has 80 valence electrons. The molecule has 15 heavy (non-hydrogen) atoms. The lowest BCUT2D eigenvalue weighted by Gasteiger charge is -2.05. The van der Waals surface area contributed by atoms with E-state index in [0.717, 1.165) is 0 Å². The van der Waals surface area contributed by atoms with Gasteiger partial charge >= 0.3 is 5.69 Å². The highest BCUT2D eigenvalue weighted by atomic mass is 16.1. The van der Waals surface area contributed by atoms with Crippen molar-refractivity contribution in [3.05, 3.63) is 22.4 Å². The van der Waals surface area contributed by atoms with Gasteiger partial charge in [-0.25, -0.2) is 19.3 Å². The predicted molar refractivity (Wildman–Crippen MR) is 55.9 cm³/mol. The summed E-state index contributed by atoms with van der Waals surface area (Å²) in [7, 11) is 0. The first kappa shape index (κ1) is 9.66. The van der Waals surface area contributed by atoms with Gasteiger partial charge < -0.3 is 11.1 Å². The van der Waals surface area contributed by atoms with E-state index in [0.29, 0.717) is 30.4 Å². The van der Waals surface area contributed by atoms with Crippen molar-refractivity contribution in [1.29, 1.82) is 0 Å². The molecule has 0 saturated carbocycles. The Bertz CT molecular complexity index is 527. The Morgan fingerprint density at radius 3 is 3.20 bits per heavy atom. The van der Waals surface area contributed by atoms with Crippen molar-refractivity contribution in [3.63, 3.8) is 0 Å². The highest BCUT2D eigenvalue weighted by Crippen LogP contribution is 2.06. The quantitative estimate of drug-likeness (QED) is 0.606. The summed E-state index contributed by atoms with van der Waals surface area (Å²) >= 11 is 0. The van der Waals surface area contributed by atoms with E-state index in [9.17, 15) is 4.79 Å². The third kappa shape index (κ3) is 1.68. The Morgan fingerprint density at radius 2 is 2.47 bits per heavy atom. The maximum Gasteiger partial charge on any atom is 0.349 e. The molecule has 2 heterocycles. The van der Waals surface area contributed by atoms with E-state index in [1.54, 1.807) is 13.0 Å². The van der Waals surface area contributed by atoms with Gasteiger partial charge in [-0.2, -0.15) is 5.10 Å². The lowest BCUT2D eigenvalue weighted by molar-refractivity contribution is 0.927. The summed E-state index contributed by atoms with van der Waals surface area (Å²) in [5.41, 5.74) is 5.63. The highest BCUT2D eigenvalue weighted by Gasteiger charge is 2.05. The zero-order chi connectivity index (χ0) is 10.8. The van der Waals surface area contributed by atoms with E-state index in [1.807, 2.05) is 0 Å². The van der Waals surface area contributed by atoms with E-state index in [1.165, 1.54) is 4.40 Å². The average molecular weight is 208 g/mol. The lowest BCUT2D eigenvalue weighted by atomic mass is 10.5. The van der Waals surface area contributed by atoms with Crippen LogP contribution in [0, 0.1) is 6.92 Å². The van der Waals surface area contributed by atoms with E-state index in [-0.39, 0.29) is 5.69 Å². The maximum atomic E-state index is 11.3. The molecule has 2 aromatic heterocycles. The summed E-state index contributed by atoms with van der Waals surface area (Å²) in [4.78, 5) is 15.5. The number of hydrogen-bond donors (Lipinski definition) is 3. The summed E-state index contributed by atoms with van der Waals surface area (Å²) in [6, 6.07) is 1.69. The summed E-state index contributed by atoms with van der Waals surface area (Å²) in [6.45, 7) is 2.91. The van der Waals surface area contributed by atoms with Crippen molar-refractivity contribution in [1.82, 2.24) is 19.6 Å². The third-order valence-electron chi connectivity index (χ3n) is 2.02. The molecule has 0 bridgehead atoms. The zero-order valence-corrected chi connectivity index (χ0v) is 8.32. The number of hydrogen-bond acceptors (Lipinski definition) is 5. The van der Waals surface area contributed by atoms with Crippen LogP contribution in [0.25, 0.3) is 5.65 Å². The number of fused-ring (bicyclic) bond motifs is 1. The fourth-order valence-corrected chi connectivity index (χ4v) is 1.39. The van der Waals surface area contributed by atoms with Gasteiger partial charge in [0.05, 0.1) is 0 Å². The Labute approximate surface area is 85.3 Å². The molecule has 7 heteroatoms. The molecule has 2 rings (SSSR count). The van der Waals surface area contributed by atoms with Gasteiger partial charge in [0.25, 0.3) is 0 Å². The molecule has 0 unspecified atom stereocenters. The van der Waals surface area contributed by atoms with Crippen molar-refractivity contribution < 1.29 is 0 Å². The molecular formula is C8H12N6O. The number of anilines is 1. The molecule has 0 atom stereocenters. The Morgan fingerprint density at radius 1 is 1.67 bits per heavy atom. The molecule has 2 aromatic rings. The molecule has 0 aromatic carbocycles. The molecular weight excluding hydrogens is 196 g/mol. The van der Waals surface area contributed by atoms with Gasteiger partial charge in [0.2, 0.25) is 0 Å². The summed E-state index contributed by atoms with van der Waals surface area (Å²) in [5, 5.41) is 9.26. The van der Waals surface area contributed by atoms with E-state index in [4.69, 9.17) is 5.73 Å². The highest BCUT2D eigenvalue weighted by molar-refractivity contribution is 5.49. The second-order valence-electron chi connectivity index (χ2n) is 3.13. The van der Waals surface area contributed by atoms with Crippen LogP contribution in [-0.4, -0.2) is 32.7 Å². The standard InChI is InChI=1S/C8H12N6O/c1-5-11-6(10-3-2-9)4-7-12-13-8(15)14(5)7/h4,10H,2-3,9H2,1H3,(H,13,15). The topological polar surface area (TPSA) is 101 Å². The van der Waals surface area contributed by atoms with Crippen LogP contribution in [0.2, 0.25) is 0 Å². The number of aromatic amines is 1. The normalized spacial score (nSPS) is 10.8. The minimum atomic E-state index is -0.277. The molecule has 0 aliphatic rings. The number of nitrogens with zero attached hydrogens (tertiary/aromatic N) is 3. The van der Waals surface area contributed by atoms with Gasteiger partial charge in [0.1, 0.15) is 11.6 Å². The van der Waals surface area contributed by atoms with Crippen molar-refractivity contribution >= 4 is 11.5 Å². The van der Waals surface area contributed by atoms with Crippen LogP contribution in [0.1, 0.15) is 5.82 Å². The number of nitrogens with two attached hydrogens (primary N) is 1. The first-order chi connectivity index (χ1) is 7.22. The molecule has 0 amide bonds. The fraction of sp³-hybridized carbons (Fsp3) is 0.375. The van der Waals surface area contributed by atoms with Gasteiger partial charge in [-0.1, -0.05) is 0 Å². The third-order valence-corrected chi connectivity index (χ3v) is 2.02. The van der Waals surface area contributed by atoms with Gasteiger partial charge in [0, 0.05) is 19.2 Å². The van der Waals surface area contributed by atoms with Crippen molar-refractivity contribution in [2.24, 2.45) is 5.73 Å². The molecule has 4 N–H and O–H groups in total. The number of H-pyrrole nitrogens is 1. The molecule has 0 saturated heterocycles. The van der Waals surface area contributed by atoms with Crippen LogP contribution < -0.4 is 16.7 Å². The summed E-state index contributed by atoms with van der Waals surface area (Å²) in [5.74, 6) is 1.26. The second kappa shape index (κ2) is 3.70. The fourth-order valence-electron chi connectivity index (χ4n) is 1.39. The molecule has 0 fully saturated rings. The summed E-state index contributed by atoms with van der Waals surface area (Å²) < 4.78 is 1.41. The van der Waals surface area contributed by atoms with E-state index in [2.05, 4.69) is 20.5 Å². The average Bonchev–Trinajstić information content (AvgIpc) is 2.58. The van der Waals surface area contributed by atoms with Gasteiger partial charge in [0.15, 0.2) is 5.65 Å². The monoisotopic (exact) mass is 208 g/mol. The van der Waals surface area contributed by atoms with Crippen molar-refractivity contribution in [2.75, 3.05) is 18.4 Å². The number of aryl methyl sites for hydroxylation is 1. The first-order valence-corrected chi connectivity index (χ1v) is 4.61. The largest absolute Gasteiger partial charge is 0.369 e. The van der Waals surface area contributed by atoms with E-state index < -0.39 is 0 Å². The zero-order valence-electron chi connectivity index (χ0n) is 8.32. The minimum Gasteiger partial charge on any atom is -0.369 e. The smallest absolute Gasteiger partial charge is 0.349 e. The lowest BCUT2D eigenvalue weighted by Crippen LogP contribution is -2.17. The van der Waals surface area contributed by atoms with Crippen LogP contribution in [0.5, 0.6) is 0 Å². The SMILES string of the molecule is Cc1nc(NCCN)cc2n[nH]c(=O)n12. The van der Waals surface area contributed by atoms with Gasteiger partial charge in [-0.05, 0) is 6.92 Å². The van der Waals surface area contributed by atoms with Gasteiger partial charge in [-0.3, -0.25) is 0 Å². The predicted octanol–water partition coefficient (Wildman–Crippen LogP) is -0.903. The first-order valence-electron chi connectivity index (χ1n) is 4.61. The number of rotatable bonds is 3.